The average Bonchev–Trinajstić information content (AvgIpc) is 3.30. The van der Waals surface area contributed by atoms with Gasteiger partial charge in [0.25, 0.3) is 5.91 Å². The maximum atomic E-state index is 12.6. The molecular weight excluding hydrogens is 434 g/mol. The SMILES string of the molecule is CCS(=O)(=O)c1nnc(NC(=O)/C(C#N)=C\c2cc(C)n(-c3cccc(C)c3)c2C)s1. The Balaban J connectivity index is 1.90. The zero-order valence-electron chi connectivity index (χ0n) is 17.5. The minimum Gasteiger partial charge on any atom is -0.318 e. The molecule has 3 rings (SSSR count). The predicted octanol–water partition coefficient (Wildman–Crippen LogP) is 3.59. The van der Waals surface area contributed by atoms with Gasteiger partial charge in [0.05, 0.1) is 5.75 Å². The summed E-state index contributed by atoms with van der Waals surface area (Å²) in [6.45, 7) is 7.39. The van der Waals surface area contributed by atoms with Crippen molar-refractivity contribution in [2.75, 3.05) is 11.1 Å². The highest BCUT2D eigenvalue weighted by Crippen LogP contribution is 2.25. The van der Waals surface area contributed by atoms with Gasteiger partial charge < -0.3 is 4.57 Å². The number of rotatable bonds is 6. The van der Waals surface area contributed by atoms with Gasteiger partial charge in [-0.25, -0.2) is 8.42 Å². The molecule has 1 N–H and O–H groups in total. The quantitative estimate of drug-likeness (QED) is 0.345. The topological polar surface area (TPSA) is 118 Å². The molecule has 1 amide bonds. The summed E-state index contributed by atoms with van der Waals surface area (Å²) in [5, 5.41) is 19.3. The van der Waals surface area contributed by atoms with Gasteiger partial charge in [0.2, 0.25) is 19.3 Å². The molecule has 0 aliphatic heterocycles. The number of carbonyl (C=O) groups is 1. The molecule has 1 aromatic carbocycles. The Morgan fingerprint density at radius 1 is 1.26 bits per heavy atom. The molecule has 0 spiro atoms. The Hall–Kier alpha value is -3.29. The number of nitriles is 1. The van der Waals surface area contributed by atoms with Crippen LogP contribution in [0.5, 0.6) is 0 Å². The third-order valence-electron chi connectivity index (χ3n) is 4.67. The number of nitrogens with zero attached hydrogens (tertiary/aromatic N) is 4. The van der Waals surface area contributed by atoms with Crippen LogP contribution >= 0.6 is 11.3 Å². The predicted molar refractivity (Wildman–Crippen MR) is 120 cm³/mol. The highest BCUT2D eigenvalue weighted by atomic mass is 32.2. The molecule has 0 aliphatic carbocycles. The smallest absolute Gasteiger partial charge is 0.268 e. The first-order valence-corrected chi connectivity index (χ1v) is 11.9. The number of carbonyl (C=O) groups excluding carboxylic acids is 1. The largest absolute Gasteiger partial charge is 0.318 e. The van der Waals surface area contributed by atoms with Crippen molar-refractivity contribution < 1.29 is 13.2 Å². The van der Waals surface area contributed by atoms with Crippen LogP contribution in [0.3, 0.4) is 0 Å². The normalized spacial score (nSPS) is 11.9. The van der Waals surface area contributed by atoms with Crippen LogP contribution in [0.15, 0.2) is 40.2 Å². The van der Waals surface area contributed by atoms with E-state index in [9.17, 15) is 18.5 Å². The number of nitrogens with one attached hydrogen (secondary N) is 1. The van der Waals surface area contributed by atoms with Crippen LogP contribution in [0.4, 0.5) is 5.13 Å². The summed E-state index contributed by atoms with van der Waals surface area (Å²) in [4.78, 5) is 12.6. The molecule has 0 radical (unpaired) electrons. The van der Waals surface area contributed by atoms with Crippen molar-refractivity contribution in [2.24, 2.45) is 0 Å². The van der Waals surface area contributed by atoms with Gasteiger partial charge in [-0.15, -0.1) is 10.2 Å². The van der Waals surface area contributed by atoms with E-state index < -0.39 is 15.7 Å². The number of amides is 1. The van der Waals surface area contributed by atoms with E-state index in [-0.39, 0.29) is 20.8 Å². The van der Waals surface area contributed by atoms with Gasteiger partial charge in [-0.05, 0) is 56.2 Å². The van der Waals surface area contributed by atoms with E-state index in [1.807, 2.05) is 51.1 Å². The molecule has 10 heteroatoms. The Morgan fingerprint density at radius 2 is 2.00 bits per heavy atom. The Kier molecular flexibility index (Phi) is 6.38. The highest BCUT2D eigenvalue weighted by molar-refractivity contribution is 7.93. The number of hydrogen-bond donors (Lipinski definition) is 1. The summed E-state index contributed by atoms with van der Waals surface area (Å²) in [5.41, 5.74) is 4.58. The molecule has 0 saturated carbocycles. The zero-order valence-corrected chi connectivity index (χ0v) is 19.1. The van der Waals surface area contributed by atoms with Crippen molar-refractivity contribution in [1.29, 1.82) is 5.26 Å². The third-order valence-corrected chi connectivity index (χ3v) is 7.69. The summed E-state index contributed by atoms with van der Waals surface area (Å²) < 4.78 is 25.6. The van der Waals surface area contributed by atoms with E-state index >= 15 is 0 Å². The Bertz CT molecular complexity index is 1330. The second kappa shape index (κ2) is 8.83. The van der Waals surface area contributed by atoms with Crippen molar-refractivity contribution >= 4 is 38.3 Å². The lowest BCUT2D eigenvalue weighted by molar-refractivity contribution is -0.112. The first-order chi connectivity index (χ1) is 14.7. The zero-order chi connectivity index (χ0) is 22.8. The van der Waals surface area contributed by atoms with Crippen molar-refractivity contribution in [3.05, 3.63) is 58.4 Å². The van der Waals surface area contributed by atoms with E-state index in [1.165, 1.54) is 13.0 Å². The highest BCUT2D eigenvalue weighted by Gasteiger charge is 2.20. The van der Waals surface area contributed by atoms with Crippen LogP contribution in [0.2, 0.25) is 0 Å². The standard InChI is InChI=1S/C21H21N5O3S2/c1-5-31(28,29)21-25-24-20(30-21)23-19(27)17(12-22)11-16-10-14(3)26(15(16)4)18-8-6-7-13(2)9-18/h6-11H,5H2,1-4H3,(H,23,24,27)/b17-11-. The van der Waals surface area contributed by atoms with Crippen LogP contribution in [-0.4, -0.2) is 34.8 Å². The van der Waals surface area contributed by atoms with Crippen LogP contribution in [0.1, 0.15) is 29.4 Å². The molecule has 2 aromatic heterocycles. The third kappa shape index (κ3) is 4.73. The number of anilines is 1. The minimum absolute atomic E-state index is 0.0170. The van der Waals surface area contributed by atoms with Crippen LogP contribution in [0.25, 0.3) is 11.8 Å². The molecule has 0 aliphatic rings. The first kappa shape index (κ1) is 22.4. The lowest BCUT2D eigenvalue weighted by atomic mass is 10.1. The van der Waals surface area contributed by atoms with Gasteiger partial charge in [0.15, 0.2) is 0 Å². The average molecular weight is 456 g/mol. The van der Waals surface area contributed by atoms with Gasteiger partial charge in [-0.1, -0.05) is 30.4 Å². The van der Waals surface area contributed by atoms with E-state index in [4.69, 9.17) is 0 Å². The van der Waals surface area contributed by atoms with Crippen molar-refractivity contribution in [3.8, 4) is 11.8 Å². The molecule has 0 fully saturated rings. The molecule has 3 aromatic rings. The van der Waals surface area contributed by atoms with E-state index in [1.54, 1.807) is 0 Å². The fourth-order valence-electron chi connectivity index (χ4n) is 3.08. The number of sulfone groups is 1. The summed E-state index contributed by atoms with van der Waals surface area (Å²) in [6.07, 6.45) is 1.51. The van der Waals surface area contributed by atoms with Gasteiger partial charge in [-0.2, -0.15) is 5.26 Å². The van der Waals surface area contributed by atoms with Crippen LogP contribution < -0.4 is 5.32 Å². The molecule has 8 nitrogen and oxygen atoms in total. The summed E-state index contributed by atoms with van der Waals surface area (Å²) in [6, 6.07) is 11.8. The number of hydrogen-bond acceptors (Lipinski definition) is 7. The van der Waals surface area contributed by atoms with E-state index in [0.717, 1.165) is 39.5 Å². The lowest BCUT2D eigenvalue weighted by Crippen LogP contribution is -2.13. The second-order valence-corrected chi connectivity index (χ2v) is 10.3. The van der Waals surface area contributed by atoms with Gasteiger partial charge >= 0.3 is 0 Å². The van der Waals surface area contributed by atoms with Crippen LogP contribution in [-0.2, 0) is 14.6 Å². The fraction of sp³-hybridized carbons (Fsp3) is 0.238. The number of benzene rings is 1. The maximum absolute atomic E-state index is 12.6. The van der Waals surface area contributed by atoms with E-state index in [2.05, 4.69) is 26.1 Å². The fourth-order valence-corrected chi connectivity index (χ4v) is 5.06. The molecule has 0 bridgehead atoms. The summed E-state index contributed by atoms with van der Waals surface area (Å²) >= 11 is 0.752. The number of aromatic nitrogens is 3. The first-order valence-electron chi connectivity index (χ1n) is 9.41. The molecule has 0 atom stereocenters. The minimum atomic E-state index is -3.51. The molecule has 160 valence electrons. The van der Waals surface area contributed by atoms with Gasteiger partial charge in [0.1, 0.15) is 11.6 Å². The van der Waals surface area contributed by atoms with E-state index in [0.29, 0.717) is 0 Å². The summed E-state index contributed by atoms with van der Waals surface area (Å²) in [7, 11) is -3.51. The van der Waals surface area contributed by atoms with Crippen molar-refractivity contribution in [3.63, 3.8) is 0 Å². The molecule has 2 heterocycles. The van der Waals surface area contributed by atoms with Crippen LogP contribution in [0, 0.1) is 32.1 Å². The summed E-state index contributed by atoms with van der Waals surface area (Å²) in [5.74, 6) is -0.797. The van der Waals surface area contributed by atoms with Crippen molar-refractivity contribution in [2.45, 2.75) is 32.0 Å². The molecule has 0 unspecified atom stereocenters. The van der Waals surface area contributed by atoms with Gasteiger partial charge in [-0.3, -0.25) is 10.1 Å². The van der Waals surface area contributed by atoms with Gasteiger partial charge in [0, 0.05) is 17.1 Å². The molecule has 0 saturated heterocycles. The molecule has 31 heavy (non-hydrogen) atoms. The maximum Gasteiger partial charge on any atom is 0.268 e. The second-order valence-electron chi connectivity index (χ2n) is 6.90. The monoisotopic (exact) mass is 455 g/mol. The Morgan fingerprint density at radius 3 is 2.65 bits per heavy atom. The molecular formula is C21H21N5O3S2. The lowest BCUT2D eigenvalue weighted by Gasteiger charge is -2.10. The van der Waals surface area contributed by atoms with Crippen molar-refractivity contribution in [1.82, 2.24) is 14.8 Å². The Labute approximate surface area is 184 Å². The number of aryl methyl sites for hydroxylation is 2.